The van der Waals surface area contributed by atoms with Crippen LogP contribution < -0.4 is 9.90 Å². The summed E-state index contributed by atoms with van der Waals surface area (Å²) in [6.45, 7) is 9.40. The number of anilines is 1. The Balaban J connectivity index is 1.23. The summed E-state index contributed by atoms with van der Waals surface area (Å²) >= 11 is 1.38. The molecule has 44 heavy (non-hydrogen) atoms. The quantitative estimate of drug-likeness (QED) is 0.172. The summed E-state index contributed by atoms with van der Waals surface area (Å²) in [6, 6.07) is 13.4. The van der Waals surface area contributed by atoms with Gasteiger partial charge in [0.05, 0.1) is 10.2 Å². The molecular weight excluding hydrogens is 574 g/mol. The van der Waals surface area contributed by atoms with Gasteiger partial charge in [-0.1, -0.05) is 36.8 Å². The first-order valence-electron chi connectivity index (χ1n) is 15.7. The smallest absolute Gasteiger partial charge is 0.259 e. The Labute approximate surface area is 264 Å². The molecule has 2 aromatic carbocycles. The second-order valence-corrected chi connectivity index (χ2v) is 12.8. The zero-order chi connectivity index (χ0) is 31.1. The molecule has 0 saturated carbocycles. The molecule has 2 amide bonds. The van der Waals surface area contributed by atoms with Crippen LogP contribution in [-0.2, 0) is 16.0 Å². The Kier molecular flexibility index (Phi) is 10.8. The minimum absolute atomic E-state index is 0.119. The SMILES string of the molecule is CCCCc1cc(C(=O)C=CC(=O)N2CCC(N3CCCN(C)CC3)CC2)ccc1ON(C(C)=O)c1nc2ccccc2s1. The van der Waals surface area contributed by atoms with Gasteiger partial charge in [0, 0.05) is 50.8 Å². The van der Waals surface area contributed by atoms with E-state index in [4.69, 9.17) is 4.84 Å². The summed E-state index contributed by atoms with van der Waals surface area (Å²) in [4.78, 5) is 56.3. The maximum atomic E-state index is 13.2. The van der Waals surface area contributed by atoms with E-state index in [1.165, 1.54) is 41.9 Å². The Morgan fingerprint density at radius 2 is 1.82 bits per heavy atom. The topological polar surface area (TPSA) is 86.3 Å². The highest BCUT2D eigenvalue weighted by atomic mass is 32.1. The number of para-hydroxylation sites is 1. The number of likely N-dealkylation sites (N-methyl/N-ethyl adjacent to an activating group) is 1. The average molecular weight is 618 g/mol. The number of piperidine rings is 1. The Hall–Kier alpha value is -3.60. The zero-order valence-corrected chi connectivity index (χ0v) is 26.9. The number of aryl methyl sites for hydroxylation is 1. The number of aromatic nitrogens is 1. The number of amides is 2. The second kappa shape index (κ2) is 14.9. The normalized spacial score (nSPS) is 17.2. The molecule has 0 radical (unpaired) electrons. The van der Waals surface area contributed by atoms with E-state index >= 15 is 0 Å². The van der Waals surface area contributed by atoms with Crippen molar-refractivity contribution in [1.29, 1.82) is 0 Å². The maximum Gasteiger partial charge on any atom is 0.259 e. The number of carbonyl (C=O) groups is 3. The van der Waals surface area contributed by atoms with Crippen LogP contribution in [-0.4, -0.2) is 89.6 Å². The molecule has 2 saturated heterocycles. The zero-order valence-electron chi connectivity index (χ0n) is 26.0. The molecule has 10 heteroatoms. The number of benzene rings is 2. The van der Waals surface area contributed by atoms with Gasteiger partial charge in [-0.15, -0.1) is 5.06 Å². The van der Waals surface area contributed by atoms with Gasteiger partial charge in [-0.3, -0.25) is 19.3 Å². The van der Waals surface area contributed by atoms with Crippen LogP contribution in [0.2, 0.25) is 0 Å². The number of rotatable bonds is 10. The lowest BCUT2D eigenvalue weighted by Gasteiger charge is -2.37. The molecule has 0 aliphatic carbocycles. The lowest BCUT2D eigenvalue weighted by molar-refractivity contribution is -0.127. The Bertz CT molecular complexity index is 1460. The van der Waals surface area contributed by atoms with Crippen LogP contribution >= 0.6 is 11.3 Å². The Morgan fingerprint density at radius 3 is 2.57 bits per heavy atom. The first kappa shape index (κ1) is 31.8. The number of nitrogens with zero attached hydrogens (tertiary/aromatic N) is 5. The number of hydroxylamine groups is 1. The molecule has 234 valence electrons. The maximum absolute atomic E-state index is 13.2. The predicted molar refractivity (Wildman–Crippen MR) is 175 cm³/mol. The molecule has 0 unspecified atom stereocenters. The lowest BCUT2D eigenvalue weighted by atomic mass is 10.0. The van der Waals surface area contributed by atoms with Gasteiger partial charge in [0.1, 0.15) is 0 Å². The van der Waals surface area contributed by atoms with Gasteiger partial charge in [-0.05, 0) is 94.2 Å². The number of hydrogen-bond donors (Lipinski definition) is 0. The standard InChI is InChI=1S/C34H43N5O4S/c1-4-5-9-27-24-26(12-14-31(27)43-39(25(2)40)34-35-29-10-6-7-11-32(29)44-34)30(41)13-15-33(42)38-20-16-28(17-21-38)37-19-8-18-36(3)22-23-37/h6-7,10-15,24,28H,4-5,8-9,16-23H2,1-3H3. The van der Waals surface area contributed by atoms with Gasteiger partial charge in [-0.25, -0.2) is 4.98 Å². The number of hydrogen-bond acceptors (Lipinski definition) is 8. The number of fused-ring (bicyclic) bond motifs is 1. The predicted octanol–water partition coefficient (Wildman–Crippen LogP) is 5.35. The molecule has 9 nitrogen and oxygen atoms in total. The average Bonchev–Trinajstić information content (AvgIpc) is 3.34. The van der Waals surface area contributed by atoms with Gasteiger partial charge >= 0.3 is 0 Å². The molecular formula is C34H43N5O4S. The molecule has 0 bridgehead atoms. The van der Waals surface area contributed by atoms with Crippen LogP contribution in [0.4, 0.5) is 5.13 Å². The van der Waals surface area contributed by atoms with Crippen molar-refractivity contribution in [2.75, 3.05) is 51.4 Å². The van der Waals surface area contributed by atoms with E-state index in [-0.39, 0.29) is 17.6 Å². The number of unbranched alkanes of at least 4 members (excludes halogenated alkanes) is 1. The van der Waals surface area contributed by atoms with Gasteiger partial charge in [-0.2, -0.15) is 0 Å². The first-order chi connectivity index (χ1) is 21.3. The minimum Gasteiger partial charge on any atom is -0.369 e. The fourth-order valence-electron chi connectivity index (χ4n) is 5.90. The number of likely N-dealkylation sites (tertiary alicyclic amines) is 1. The third-order valence-electron chi connectivity index (χ3n) is 8.50. The number of allylic oxidation sites excluding steroid dienone is 1. The third kappa shape index (κ3) is 7.91. The molecule has 3 aromatic rings. The summed E-state index contributed by atoms with van der Waals surface area (Å²) < 4.78 is 0.959. The van der Waals surface area contributed by atoms with Crippen molar-refractivity contribution >= 4 is 44.3 Å². The second-order valence-electron chi connectivity index (χ2n) is 11.7. The molecule has 3 heterocycles. The van der Waals surface area contributed by atoms with Gasteiger partial charge in [0.2, 0.25) is 11.0 Å². The molecule has 2 aliphatic rings. The van der Waals surface area contributed by atoms with E-state index in [1.54, 1.807) is 12.1 Å². The van der Waals surface area contributed by atoms with E-state index in [0.717, 1.165) is 67.6 Å². The summed E-state index contributed by atoms with van der Waals surface area (Å²) in [7, 11) is 2.18. The fourth-order valence-corrected chi connectivity index (χ4v) is 6.85. The van der Waals surface area contributed by atoms with Crippen molar-refractivity contribution in [3.8, 4) is 5.75 Å². The summed E-state index contributed by atoms with van der Waals surface area (Å²) in [5, 5.41) is 1.66. The highest BCUT2D eigenvalue weighted by Crippen LogP contribution is 2.31. The molecule has 0 N–H and O–H groups in total. The van der Waals surface area contributed by atoms with Crippen LogP contribution in [0.1, 0.15) is 61.9 Å². The van der Waals surface area contributed by atoms with Crippen LogP contribution in [0, 0.1) is 0 Å². The third-order valence-corrected chi connectivity index (χ3v) is 9.51. The van der Waals surface area contributed by atoms with Crippen LogP contribution in [0.25, 0.3) is 10.2 Å². The van der Waals surface area contributed by atoms with Crippen LogP contribution in [0.3, 0.4) is 0 Å². The minimum atomic E-state index is -0.296. The molecule has 2 fully saturated rings. The highest BCUT2D eigenvalue weighted by molar-refractivity contribution is 7.22. The largest absolute Gasteiger partial charge is 0.369 e. The van der Waals surface area contributed by atoms with Gasteiger partial charge < -0.3 is 14.6 Å². The number of ketones is 1. The molecule has 0 atom stereocenters. The van der Waals surface area contributed by atoms with Crippen LogP contribution in [0.15, 0.2) is 54.6 Å². The van der Waals surface area contributed by atoms with Gasteiger partial charge in [0.25, 0.3) is 5.91 Å². The van der Waals surface area contributed by atoms with E-state index < -0.39 is 0 Å². The van der Waals surface area contributed by atoms with E-state index in [9.17, 15) is 14.4 Å². The van der Waals surface area contributed by atoms with Crippen molar-refractivity contribution in [3.63, 3.8) is 0 Å². The Morgan fingerprint density at radius 1 is 1.02 bits per heavy atom. The lowest BCUT2D eigenvalue weighted by Crippen LogP contribution is -2.47. The monoisotopic (exact) mass is 617 g/mol. The molecule has 2 aliphatic heterocycles. The van der Waals surface area contributed by atoms with Crippen molar-refractivity contribution in [3.05, 3.63) is 65.7 Å². The van der Waals surface area contributed by atoms with Crippen molar-refractivity contribution < 1.29 is 19.2 Å². The summed E-state index contributed by atoms with van der Waals surface area (Å²) in [6.07, 6.45) is 8.45. The number of thiazole rings is 1. The van der Waals surface area contributed by atoms with E-state index in [0.29, 0.717) is 42.0 Å². The summed E-state index contributed by atoms with van der Waals surface area (Å²) in [5.74, 6) is -0.147. The van der Waals surface area contributed by atoms with Crippen molar-refractivity contribution in [2.45, 2.75) is 58.4 Å². The fraction of sp³-hybridized carbons (Fsp3) is 0.471. The van der Waals surface area contributed by atoms with Crippen LogP contribution in [0.5, 0.6) is 5.75 Å². The molecule has 5 rings (SSSR count). The van der Waals surface area contributed by atoms with Crippen molar-refractivity contribution in [2.24, 2.45) is 0 Å². The van der Waals surface area contributed by atoms with Crippen molar-refractivity contribution in [1.82, 2.24) is 19.7 Å². The molecule has 1 aromatic heterocycles. The highest BCUT2D eigenvalue weighted by Gasteiger charge is 2.27. The van der Waals surface area contributed by atoms with E-state index in [2.05, 4.69) is 28.8 Å². The van der Waals surface area contributed by atoms with E-state index in [1.807, 2.05) is 35.2 Å². The van der Waals surface area contributed by atoms with Gasteiger partial charge in [0.15, 0.2) is 11.5 Å². The number of carbonyl (C=O) groups excluding carboxylic acids is 3. The molecule has 0 spiro atoms. The first-order valence-corrected chi connectivity index (χ1v) is 16.5. The summed E-state index contributed by atoms with van der Waals surface area (Å²) in [5.41, 5.74) is 2.10.